The molecule has 0 saturated carbocycles. The quantitative estimate of drug-likeness (QED) is 0.541. The minimum Gasteiger partial charge on any atom is -0.399 e. The number of hydrogen-bond donors (Lipinski definition) is 1. The molecule has 1 aliphatic heterocycles. The molecule has 0 atom stereocenters. The van der Waals surface area contributed by atoms with E-state index < -0.39 is 0 Å². The molecule has 1 aromatic rings. The van der Waals surface area contributed by atoms with Gasteiger partial charge >= 0.3 is 0 Å². The van der Waals surface area contributed by atoms with Crippen molar-refractivity contribution in [3.8, 4) is 0 Å². The lowest BCUT2D eigenvalue weighted by Crippen LogP contribution is -2.23. The first-order valence-electron chi connectivity index (χ1n) is 5.12. The van der Waals surface area contributed by atoms with Crippen molar-refractivity contribution in [2.45, 2.75) is 12.8 Å². The highest BCUT2D eigenvalue weighted by molar-refractivity contribution is 5.53. The molecule has 2 nitrogen and oxygen atoms in total. The second-order valence-corrected chi connectivity index (χ2v) is 3.63. The molecule has 1 aliphatic rings. The van der Waals surface area contributed by atoms with Crippen LogP contribution < -0.4 is 10.6 Å². The third-order valence-corrected chi connectivity index (χ3v) is 2.56. The Morgan fingerprint density at radius 1 is 0.929 bits per heavy atom. The first kappa shape index (κ1) is 9.13. The number of anilines is 2. The highest BCUT2D eigenvalue weighted by atomic mass is 15.1. The molecule has 0 radical (unpaired) electrons. The van der Waals surface area contributed by atoms with E-state index in [4.69, 9.17) is 5.73 Å². The van der Waals surface area contributed by atoms with Crippen LogP contribution in [0.2, 0.25) is 0 Å². The topological polar surface area (TPSA) is 29.3 Å². The molecule has 0 unspecified atom stereocenters. The van der Waals surface area contributed by atoms with Crippen molar-refractivity contribution < 1.29 is 0 Å². The molecule has 74 valence electrons. The molecule has 0 bridgehead atoms. The van der Waals surface area contributed by atoms with Crippen molar-refractivity contribution in [3.63, 3.8) is 0 Å². The van der Waals surface area contributed by atoms with Crippen LogP contribution in [0.25, 0.3) is 0 Å². The summed E-state index contributed by atoms with van der Waals surface area (Å²) in [6, 6.07) is 8.13. The maximum atomic E-state index is 5.66. The highest BCUT2D eigenvalue weighted by Gasteiger charge is 2.05. The molecule has 0 aliphatic carbocycles. The zero-order chi connectivity index (χ0) is 9.80. The minimum absolute atomic E-state index is 0.835. The molecule has 14 heavy (non-hydrogen) atoms. The lowest BCUT2D eigenvalue weighted by molar-refractivity contribution is 0.812. The van der Waals surface area contributed by atoms with Gasteiger partial charge in [0.05, 0.1) is 0 Å². The molecule has 2 rings (SSSR count). The van der Waals surface area contributed by atoms with Crippen molar-refractivity contribution in [2.24, 2.45) is 0 Å². The Bertz CT molecular complexity index is 304. The zero-order valence-corrected chi connectivity index (χ0v) is 8.32. The summed E-state index contributed by atoms with van der Waals surface area (Å²) in [7, 11) is 0. The van der Waals surface area contributed by atoms with Gasteiger partial charge in [0.15, 0.2) is 0 Å². The highest BCUT2D eigenvalue weighted by Crippen LogP contribution is 2.18. The number of rotatable bonds is 1. The van der Waals surface area contributed by atoms with Crippen LogP contribution >= 0.6 is 0 Å². The van der Waals surface area contributed by atoms with E-state index in [0.717, 1.165) is 31.6 Å². The van der Waals surface area contributed by atoms with E-state index >= 15 is 0 Å². The van der Waals surface area contributed by atoms with Gasteiger partial charge in [-0.2, -0.15) is 0 Å². The Kier molecular flexibility index (Phi) is 2.73. The summed E-state index contributed by atoms with van der Waals surface area (Å²) in [4.78, 5) is 2.40. The van der Waals surface area contributed by atoms with Gasteiger partial charge in [-0.1, -0.05) is 12.2 Å². The van der Waals surface area contributed by atoms with Crippen LogP contribution in [0.15, 0.2) is 36.4 Å². The maximum Gasteiger partial charge on any atom is 0.0367 e. The molecular weight excluding hydrogens is 172 g/mol. The average molecular weight is 188 g/mol. The molecule has 0 amide bonds. The molecule has 1 aromatic carbocycles. The van der Waals surface area contributed by atoms with E-state index in [0.29, 0.717) is 0 Å². The van der Waals surface area contributed by atoms with Crippen molar-refractivity contribution in [2.75, 3.05) is 23.7 Å². The van der Waals surface area contributed by atoms with E-state index in [2.05, 4.69) is 29.2 Å². The van der Waals surface area contributed by atoms with Crippen LogP contribution in [0.5, 0.6) is 0 Å². The van der Waals surface area contributed by atoms with E-state index in [-0.39, 0.29) is 0 Å². The molecule has 0 saturated heterocycles. The van der Waals surface area contributed by atoms with Crippen LogP contribution in [0, 0.1) is 0 Å². The first-order chi connectivity index (χ1) is 6.86. The van der Waals surface area contributed by atoms with Crippen molar-refractivity contribution in [1.29, 1.82) is 0 Å². The predicted octanol–water partition coefficient (Wildman–Crippen LogP) is 2.43. The van der Waals surface area contributed by atoms with Gasteiger partial charge in [0, 0.05) is 24.5 Å². The normalized spacial score (nSPS) is 16.7. The Morgan fingerprint density at radius 3 is 2.07 bits per heavy atom. The van der Waals surface area contributed by atoms with Gasteiger partial charge in [0.2, 0.25) is 0 Å². The monoisotopic (exact) mass is 188 g/mol. The van der Waals surface area contributed by atoms with Crippen LogP contribution in [-0.4, -0.2) is 13.1 Å². The second kappa shape index (κ2) is 4.18. The van der Waals surface area contributed by atoms with Gasteiger partial charge in [0.25, 0.3) is 0 Å². The number of nitrogen functional groups attached to an aromatic ring is 1. The molecule has 0 aromatic heterocycles. The van der Waals surface area contributed by atoms with E-state index in [1.54, 1.807) is 0 Å². The van der Waals surface area contributed by atoms with Gasteiger partial charge in [-0.25, -0.2) is 0 Å². The van der Waals surface area contributed by atoms with Crippen LogP contribution in [0.4, 0.5) is 11.4 Å². The largest absolute Gasteiger partial charge is 0.399 e. The fraction of sp³-hybridized carbons (Fsp3) is 0.333. The van der Waals surface area contributed by atoms with Gasteiger partial charge in [-0.05, 0) is 37.1 Å². The van der Waals surface area contributed by atoms with Gasteiger partial charge in [-0.15, -0.1) is 0 Å². The summed E-state index contributed by atoms with van der Waals surface area (Å²) in [5.74, 6) is 0. The molecule has 0 fully saturated rings. The third kappa shape index (κ3) is 2.08. The number of nitrogens with zero attached hydrogens (tertiary/aromatic N) is 1. The molecule has 1 heterocycles. The summed E-state index contributed by atoms with van der Waals surface area (Å²) >= 11 is 0. The van der Waals surface area contributed by atoms with Crippen LogP contribution in [0.3, 0.4) is 0 Å². The summed E-state index contributed by atoms with van der Waals surface area (Å²) < 4.78 is 0. The van der Waals surface area contributed by atoms with Crippen molar-refractivity contribution >= 4 is 11.4 Å². The Morgan fingerprint density at radius 2 is 1.50 bits per heavy atom. The van der Waals surface area contributed by atoms with Gasteiger partial charge < -0.3 is 10.6 Å². The standard InChI is InChI=1S/C12H16N2/c13-11-5-7-12(8-6-11)14-9-3-1-2-4-10-14/h1-2,5-8H,3-4,9-10,13H2. The lowest BCUT2D eigenvalue weighted by atomic mass is 10.2. The zero-order valence-electron chi connectivity index (χ0n) is 8.32. The molecule has 2 N–H and O–H groups in total. The van der Waals surface area contributed by atoms with Gasteiger partial charge in [0.1, 0.15) is 0 Å². The van der Waals surface area contributed by atoms with E-state index in [1.807, 2.05) is 12.1 Å². The van der Waals surface area contributed by atoms with E-state index in [9.17, 15) is 0 Å². The van der Waals surface area contributed by atoms with Crippen molar-refractivity contribution in [3.05, 3.63) is 36.4 Å². The maximum absolute atomic E-state index is 5.66. The summed E-state index contributed by atoms with van der Waals surface area (Å²) in [5.41, 5.74) is 7.77. The lowest BCUT2D eigenvalue weighted by Gasteiger charge is -2.22. The fourth-order valence-electron chi connectivity index (χ4n) is 1.75. The SMILES string of the molecule is Nc1ccc(N2CCC=CCC2)cc1. The van der Waals surface area contributed by atoms with Crippen molar-refractivity contribution in [1.82, 2.24) is 0 Å². The van der Waals surface area contributed by atoms with Crippen LogP contribution in [0.1, 0.15) is 12.8 Å². The number of nitrogens with two attached hydrogens (primary N) is 1. The van der Waals surface area contributed by atoms with E-state index in [1.165, 1.54) is 5.69 Å². The summed E-state index contributed by atoms with van der Waals surface area (Å²) in [5, 5.41) is 0. The predicted molar refractivity (Wildman–Crippen MR) is 61.4 cm³/mol. The van der Waals surface area contributed by atoms with Crippen LogP contribution in [-0.2, 0) is 0 Å². The second-order valence-electron chi connectivity index (χ2n) is 3.63. The molecule has 0 spiro atoms. The minimum atomic E-state index is 0.835. The Hall–Kier alpha value is -1.44. The Labute approximate surface area is 85.0 Å². The molecular formula is C12H16N2. The average Bonchev–Trinajstić information content (AvgIpc) is 2.47. The number of benzene rings is 1. The smallest absolute Gasteiger partial charge is 0.0367 e. The first-order valence-corrected chi connectivity index (χ1v) is 5.12. The third-order valence-electron chi connectivity index (χ3n) is 2.56. The Balaban J connectivity index is 2.10. The fourth-order valence-corrected chi connectivity index (χ4v) is 1.75. The summed E-state index contributed by atoms with van der Waals surface area (Å²) in [6.07, 6.45) is 6.81. The molecule has 2 heteroatoms. The number of hydrogen-bond acceptors (Lipinski definition) is 2. The van der Waals surface area contributed by atoms with Gasteiger partial charge in [-0.3, -0.25) is 0 Å². The summed E-state index contributed by atoms with van der Waals surface area (Å²) in [6.45, 7) is 2.22.